The van der Waals surface area contributed by atoms with Gasteiger partial charge in [-0.2, -0.15) is 12.6 Å². The Hall–Kier alpha value is 0.230. The van der Waals surface area contributed by atoms with Crippen LogP contribution < -0.4 is 0 Å². The summed E-state index contributed by atoms with van der Waals surface area (Å²) in [5.74, 6) is 0.862. The largest absolute Gasteiger partial charge is 0.392 e. The predicted molar refractivity (Wildman–Crippen MR) is 197 cm³/mol. The van der Waals surface area contributed by atoms with Gasteiger partial charge in [0.05, 0.1) is 12.2 Å². The van der Waals surface area contributed by atoms with Gasteiger partial charge < -0.3 is 10.2 Å². The number of unbranched alkanes of at least 4 members (excludes halogenated alkanes) is 26. The molecule has 3 nitrogen and oxygen atoms in total. The molecule has 0 bridgehead atoms. The van der Waals surface area contributed by atoms with Crippen molar-refractivity contribution >= 4 is 12.6 Å². The van der Waals surface area contributed by atoms with Crippen molar-refractivity contribution in [3.05, 3.63) is 0 Å². The normalized spacial score (nSPS) is 13.3. The first kappa shape index (κ1) is 43.2. The van der Waals surface area contributed by atoms with Crippen molar-refractivity contribution < 1.29 is 10.2 Å². The summed E-state index contributed by atoms with van der Waals surface area (Å²) in [6.45, 7) is 6.90. The van der Waals surface area contributed by atoms with E-state index in [-0.39, 0.29) is 12.2 Å². The maximum absolute atomic E-state index is 10.7. The maximum atomic E-state index is 10.7. The molecule has 2 atom stereocenters. The van der Waals surface area contributed by atoms with Crippen LogP contribution in [0.1, 0.15) is 213 Å². The molecular formula is C39H81NO2S. The lowest BCUT2D eigenvalue weighted by Crippen LogP contribution is -2.38. The van der Waals surface area contributed by atoms with Crippen LogP contribution in [0.4, 0.5) is 0 Å². The molecule has 0 heterocycles. The van der Waals surface area contributed by atoms with Crippen LogP contribution in [0.15, 0.2) is 0 Å². The predicted octanol–water partition coefficient (Wildman–Crippen LogP) is 12.1. The lowest BCUT2D eigenvalue weighted by atomic mass is 10.0. The van der Waals surface area contributed by atoms with E-state index in [2.05, 4.69) is 31.4 Å². The summed E-state index contributed by atoms with van der Waals surface area (Å²) in [6, 6.07) is 0. The van der Waals surface area contributed by atoms with E-state index in [1.807, 2.05) is 0 Å². The number of hydrogen-bond acceptors (Lipinski definition) is 4. The Bertz CT molecular complexity index is 466. The van der Waals surface area contributed by atoms with Gasteiger partial charge in [0.1, 0.15) is 0 Å². The average Bonchev–Trinajstić information content (AvgIpc) is 3.00. The molecule has 0 aliphatic rings. The molecule has 43 heavy (non-hydrogen) atoms. The van der Waals surface area contributed by atoms with Crippen LogP contribution >= 0.6 is 12.6 Å². The van der Waals surface area contributed by atoms with E-state index in [9.17, 15) is 10.2 Å². The molecular weight excluding hydrogens is 547 g/mol. The first-order chi connectivity index (χ1) is 21.1. The number of nitrogens with zero attached hydrogens (tertiary/aromatic N) is 1. The van der Waals surface area contributed by atoms with Crippen LogP contribution in [0.25, 0.3) is 0 Å². The van der Waals surface area contributed by atoms with Crippen LogP contribution in [0.2, 0.25) is 0 Å². The van der Waals surface area contributed by atoms with Gasteiger partial charge in [-0.15, -0.1) is 0 Å². The van der Waals surface area contributed by atoms with Crippen molar-refractivity contribution in [2.45, 2.75) is 225 Å². The van der Waals surface area contributed by atoms with Crippen LogP contribution in [-0.2, 0) is 0 Å². The Kier molecular flexibility index (Phi) is 36.9. The topological polar surface area (TPSA) is 43.7 Å². The standard InChI is InChI=1S/C39H81NO2S/c1-3-5-7-9-11-13-15-17-19-21-23-25-27-29-32-38(41)36-40(34-31-35-43)37-39(42)33-30-28-26-24-22-20-18-16-14-12-10-8-6-4-2/h38-39,41-43H,3-37H2,1-2H3. The molecule has 0 aromatic heterocycles. The smallest absolute Gasteiger partial charge is 0.0667 e. The second-order valence-corrected chi connectivity index (χ2v) is 14.4. The highest BCUT2D eigenvalue weighted by Crippen LogP contribution is 2.16. The van der Waals surface area contributed by atoms with E-state index in [1.54, 1.807) is 0 Å². The zero-order valence-electron chi connectivity index (χ0n) is 29.7. The van der Waals surface area contributed by atoms with Crippen molar-refractivity contribution in [1.29, 1.82) is 0 Å². The fourth-order valence-corrected chi connectivity index (χ4v) is 6.62. The Morgan fingerprint density at radius 3 is 0.907 bits per heavy atom. The van der Waals surface area contributed by atoms with Crippen LogP contribution in [0.3, 0.4) is 0 Å². The fraction of sp³-hybridized carbons (Fsp3) is 1.00. The van der Waals surface area contributed by atoms with Gasteiger partial charge >= 0.3 is 0 Å². The lowest BCUT2D eigenvalue weighted by molar-refractivity contribution is 0.0607. The molecule has 0 aromatic rings. The summed E-state index contributed by atoms with van der Waals surface area (Å²) in [4.78, 5) is 2.29. The molecule has 0 fully saturated rings. The summed E-state index contributed by atoms with van der Waals surface area (Å²) in [6.07, 6.45) is 40.6. The summed E-state index contributed by atoms with van der Waals surface area (Å²) in [5.41, 5.74) is 0. The van der Waals surface area contributed by atoms with Crippen LogP contribution in [0, 0.1) is 0 Å². The summed E-state index contributed by atoms with van der Waals surface area (Å²) >= 11 is 4.40. The third-order valence-corrected chi connectivity index (χ3v) is 9.67. The summed E-state index contributed by atoms with van der Waals surface area (Å²) in [5, 5.41) is 21.4. The molecule has 0 spiro atoms. The van der Waals surface area contributed by atoms with Crippen molar-refractivity contribution in [3.8, 4) is 0 Å². The molecule has 0 aliphatic heterocycles. The molecule has 0 saturated carbocycles. The summed E-state index contributed by atoms with van der Waals surface area (Å²) in [7, 11) is 0. The van der Waals surface area contributed by atoms with E-state index >= 15 is 0 Å². The van der Waals surface area contributed by atoms with E-state index in [1.165, 1.54) is 167 Å². The molecule has 4 heteroatoms. The molecule has 0 saturated heterocycles. The van der Waals surface area contributed by atoms with Gasteiger partial charge in [-0.1, -0.05) is 194 Å². The minimum absolute atomic E-state index is 0.273. The number of aliphatic hydroxyl groups is 2. The number of thiol groups is 1. The first-order valence-corrected chi connectivity index (χ1v) is 20.5. The molecule has 260 valence electrons. The van der Waals surface area contributed by atoms with Gasteiger partial charge in [-0.25, -0.2) is 0 Å². The van der Waals surface area contributed by atoms with Crippen molar-refractivity contribution in [3.63, 3.8) is 0 Å². The van der Waals surface area contributed by atoms with Gasteiger partial charge in [0.2, 0.25) is 0 Å². The second-order valence-electron chi connectivity index (χ2n) is 13.9. The highest BCUT2D eigenvalue weighted by Gasteiger charge is 2.15. The SMILES string of the molecule is CCCCCCCCCCCCCCCCC(O)CN(CCCS)CC(O)CCCCCCCCCCCCCCCC. The molecule has 0 rings (SSSR count). The summed E-state index contributed by atoms with van der Waals surface area (Å²) < 4.78 is 0. The highest BCUT2D eigenvalue weighted by molar-refractivity contribution is 7.80. The maximum Gasteiger partial charge on any atom is 0.0667 e. The third-order valence-electron chi connectivity index (χ3n) is 9.35. The van der Waals surface area contributed by atoms with Crippen LogP contribution in [0.5, 0.6) is 0 Å². The monoisotopic (exact) mass is 628 g/mol. The zero-order chi connectivity index (χ0) is 31.5. The van der Waals surface area contributed by atoms with Gasteiger partial charge in [-0.05, 0) is 31.6 Å². The molecule has 0 radical (unpaired) electrons. The van der Waals surface area contributed by atoms with Crippen molar-refractivity contribution in [1.82, 2.24) is 4.90 Å². The molecule has 2 N–H and O–H groups in total. The minimum Gasteiger partial charge on any atom is -0.392 e. The molecule has 0 aromatic carbocycles. The quantitative estimate of drug-likeness (QED) is 0.0474. The Morgan fingerprint density at radius 2 is 0.651 bits per heavy atom. The first-order valence-electron chi connectivity index (χ1n) is 19.8. The number of aliphatic hydroxyl groups excluding tert-OH is 2. The number of rotatable bonds is 37. The number of hydrogen-bond donors (Lipinski definition) is 3. The van der Waals surface area contributed by atoms with Gasteiger partial charge in [0, 0.05) is 13.1 Å². The van der Waals surface area contributed by atoms with Gasteiger partial charge in [0.25, 0.3) is 0 Å². The Balaban J connectivity index is 3.71. The van der Waals surface area contributed by atoms with E-state index in [0.717, 1.165) is 44.4 Å². The van der Waals surface area contributed by atoms with E-state index < -0.39 is 0 Å². The van der Waals surface area contributed by atoms with Gasteiger partial charge in [0.15, 0.2) is 0 Å². The van der Waals surface area contributed by atoms with Crippen molar-refractivity contribution in [2.24, 2.45) is 0 Å². The van der Waals surface area contributed by atoms with Crippen LogP contribution in [-0.4, -0.2) is 52.7 Å². The Morgan fingerprint density at radius 1 is 0.395 bits per heavy atom. The fourth-order valence-electron chi connectivity index (χ4n) is 6.48. The van der Waals surface area contributed by atoms with Gasteiger partial charge in [-0.3, -0.25) is 4.90 Å². The molecule has 2 unspecified atom stereocenters. The highest BCUT2D eigenvalue weighted by atomic mass is 32.1. The third kappa shape index (κ3) is 34.9. The second kappa shape index (κ2) is 36.7. The zero-order valence-corrected chi connectivity index (χ0v) is 30.6. The van der Waals surface area contributed by atoms with E-state index in [0.29, 0.717) is 13.1 Å². The average molecular weight is 628 g/mol. The Labute approximate surface area is 277 Å². The van der Waals surface area contributed by atoms with E-state index in [4.69, 9.17) is 0 Å². The molecule has 0 amide bonds. The minimum atomic E-state index is -0.273. The van der Waals surface area contributed by atoms with Crippen molar-refractivity contribution in [2.75, 3.05) is 25.4 Å². The molecule has 0 aliphatic carbocycles. The lowest BCUT2D eigenvalue weighted by Gasteiger charge is -2.27.